The van der Waals surface area contributed by atoms with Gasteiger partial charge < -0.3 is 10.6 Å². The van der Waals surface area contributed by atoms with Gasteiger partial charge in [0.05, 0.1) is 11.0 Å². The Kier molecular flexibility index (Phi) is 4.96. The number of rotatable bonds is 3. The minimum absolute atomic E-state index is 0.0456. The van der Waals surface area contributed by atoms with Crippen molar-refractivity contribution in [2.45, 2.75) is 13.0 Å². The molecule has 4 nitrogen and oxygen atoms in total. The lowest BCUT2D eigenvalue weighted by Gasteiger charge is -2.37. The second-order valence-corrected chi connectivity index (χ2v) is 5.82. The lowest BCUT2D eigenvalue weighted by molar-refractivity contribution is 0.0621. The summed E-state index contributed by atoms with van der Waals surface area (Å²) in [5.74, 6) is 0.0456. The summed E-state index contributed by atoms with van der Waals surface area (Å²) >= 11 is 10.8. The maximum Gasteiger partial charge on any atom is 0.253 e. The summed E-state index contributed by atoms with van der Waals surface area (Å²) < 4.78 is 0. The number of nitrogens with zero attached hydrogens (tertiary/aromatic N) is 2. The molecule has 2 N–H and O–H groups in total. The average molecular weight is 312 g/mol. The molecule has 108 valence electrons. The van der Waals surface area contributed by atoms with Crippen LogP contribution >= 0.6 is 23.8 Å². The van der Waals surface area contributed by atoms with E-state index in [9.17, 15) is 4.79 Å². The summed E-state index contributed by atoms with van der Waals surface area (Å²) in [6.07, 6.45) is 0. The van der Waals surface area contributed by atoms with Crippen molar-refractivity contribution in [1.82, 2.24) is 9.80 Å². The van der Waals surface area contributed by atoms with Crippen LogP contribution in [-0.2, 0) is 0 Å². The Morgan fingerprint density at radius 1 is 1.25 bits per heavy atom. The highest BCUT2D eigenvalue weighted by atomic mass is 35.5. The quantitative estimate of drug-likeness (QED) is 0.865. The van der Waals surface area contributed by atoms with E-state index in [-0.39, 0.29) is 11.9 Å². The third-order valence-electron chi connectivity index (χ3n) is 3.65. The number of carbonyl (C=O) groups excluding carboxylic acids is 1. The maximum absolute atomic E-state index is 12.3. The Morgan fingerprint density at radius 2 is 1.80 bits per heavy atom. The summed E-state index contributed by atoms with van der Waals surface area (Å²) in [7, 11) is 0. The Balaban J connectivity index is 1.95. The van der Waals surface area contributed by atoms with Crippen LogP contribution in [0, 0.1) is 0 Å². The Hall–Kier alpha value is -1.17. The van der Waals surface area contributed by atoms with E-state index in [2.05, 4.69) is 4.90 Å². The number of hydrogen-bond acceptors (Lipinski definition) is 3. The standard InChI is InChI=1S/C14H18ClN3OS/c1-10(13(16)20)17-6-8-18(9-7-17)14(19)11-2-4-12(15)5-3-11/h2-5,10H,6-9H2,1H3,(H2,16,20). The number of nitrogens with two attached hydrogens (primary N) is 1. The van der Waals surface area contributed by atoms with Gasteiger partial charge in [-0.05, 0) is 31.2 Å². The second-order valence-electron chi connectivity index (χ2n) is 4.91. The summed E-state index contributed by atoms with van der Waals surface area (Å²) in [5, 5.41) is 0.636. The van der Waals surface area contributed by atoms with Crippen LogP contribution in [0.1, 0.15) is 17.3 Å². The van der Waals surface area contributed by atoms with Gasteiger partial charge in [0.25, 0.3) is 5.91 Å². The number of benzene rings is 1. The van der Waals surface area contributed by atoms with E-state index in [1.165, 1.54) is 0 Å². The normalized spacial score (nSPS) is 17.8. The zero-order chi connectivity index (χ0) is 14.7. The van der Waals surface area contributed by atoms with E-state index in [0.717, 1.165) is 13.1 Å². The SMILES string of the molecule is CC(C(N)=S)N1CCN(C(=O)c2ccc(Cl)cc2)CC1. The van der Waals surface area contributed by atoms with Gasteiger partial charge in [0.1, 0.15) is 0 Å². The molecule has 1 aromatic carbocycles. The molecule has 0 aliphatic carbocycles. The molecular weight excluding hydrogens is 294 g/mol. The monoisotopic (exact) mass is 311 g/mol. The Morgan fingerprint density at radius 3 is 2.30 bits per heavy atom. The molecule has 1 atom stereocenters. The predicted octanol–water partition coefficient (Wildman–Crippen LogP) is 1.77. The van der Waals surface area contributed by atoms with Gasteiger partial charge in [-0.25, -0.2) is 0 Å². The molecule has 1 aliphatic rings. The third-order valence-corrected chi connectivity index (χ3v) is 4.25. The summed E-state index contributed by atoms with van der Waals surface area (Å²) in [4.78, 5) is 16.9. The Bertz CT molecular complexity index is 498. The molecule has 20 heavy (non-hydrogen) atoms. The maximum atomic E-state index is 12.3. The van der Waals surface area contributed by atoms with Crippen molar-refractivity contribution in [3.05, 3.63) is 34.9 Å². The molecule has 1 aromatic rings. The van der Waals surface area contributed by atoms with Crippen molar-refractivity contribution in [2.24, 2.45) is 5.73 Å². The highest BCUT2D eigenvalue weighted by Gasteiger charge is 2.25. The van der Waals surface area contributed by atoms with Gasteiger partial charge in [-0.3, -0.25) is 9.69 Å². The molecule has 1 unspecified atom stereocenters. The van der Waals surface area contributed by atoms with Gasteiger partial charge in [0.15, 0.2) is 0 Å². The second kappa shape index (κ2) is 6.52. The first-order chi connectivity index (χ1) is 9.49. The van der Waals surface area contributed by atoms with E-state index in [1.54, 1.807) is 24.3 Å². The van der Waals surface area contributed by atoms with Crippen LogP contribution in [0.25, 0.3) is 0 Å². The molecule has 1 heterocycles. The van der Waals surface area contributed by atoms with Gasteiger partial charge in [-0.15, -0.1) is 0 Å². The van der Waals surface area contributed by atoms with Gasteiger partial charge in [0, 0.05) is 36.8 Å². The molecule has 0 bridgehead atoms. The van der Waals surface area contributed by atoms with Crippen molar-refractivity contribution < 1.29 is 4.79 Å². The number of hydrogen-bond donors (Lipinski definition) is 1. The predicted molar refractivity (Wildman–Crippen MR) is 85.2 cm³/mol. The van der Waals surface area contributed by atoms with Crippen LogP contribution in [-0.4, -0.2) is 52.9 Å². The first kappa shape index (κ1) is 15.2. The van der Waals surface area contributed by atoms with Crippen LogP contribution < -0.4 is 5.73 Å². The third kappa shape index (κ3) is 3.48. The van der Waals surface area contributed by atoms with E-state index < -0.39 is 0 Å². The fourth-order valence-electron chi connectivity index (χ4n) is 2.27. The Labute approximate surface area is 129 Å². The number of halogens is 1. The summed E-state index contributed by atoms with van der Waals surface area (Å²) in [5.41, 5.74) is 6.33. The van der Waals surface area contributed by atoms with Gasteiger partial charge in [-0.2, -0.15) is 0 Å². The van der Waals surface area contributed by atoms with E-state index in [1.807, 2.05) is 11.8 Å². The molecule has 0 saturated carbocycles. The van der Waals surface area contributed by atoms with Crippen LogP contribution in [0.3, 0.4) is 0 Å². The van der Waals surface area contributed by atoms with Crippen LogP contribution in [0.5, 0.6) is 0 Å². The number of piperazine rings is 1. The van der Waals surface area contributed by atoms with Crippen LogP contribution in [0.2, 0.25) is 5.02 Å². The van der Waals surface area contributed by atoms with E-state index >= 15 is 0 Å². The summed E-state index contributed by atoms with van der Waals surface area (Å²) in [6, 6.07) is 7.07. The van der Waals surface area contributed by atoms with Gasteiger partial charge >= 0.3 is 0 Å². The number of carbonyl (C=O) groups is 1. The molecule has 0 radical (unpaired) electrons. The number of amides is 1. The molecule has 0 spiro atoms. The molecule has 0 aromatic heterocycles. The molecule has 2 rings (SSSR count). The van der Waals surface area contributed by atoms with Crippen molar-refractivity contribution in [1.29, 1.82) is 0 Å². The minimum atomic E-state index is 0.0456. The van der Waals surface area contributed by atoms with Crippen molar-refractivity contribution in [3.8, 4) is 0 Å². The van der Waals surface area contributed by atoms with Crippen LogP contribution in [0.15, 0.2) is 24.3 Å². The fourth-order valence-corrected chi connectivity index (χ4v) is 2.54. The average Bonchev–Trinajstić information content (AvgIpc) is 2.46. The molecule has 1 amide bonds. The highest BCUT2D eigenvalue weighted by Crippen LogP contribution is 2.14. The van der Waals surface area contributed by atoms with Crippen molar-refractivity contribution in [3.63, 3.8) is 0 Å². The lowest BCUT2D eigenvalue weighted by Crippen LogP contribution is -2.53. The highest BCUT2D eigenvalue weighted by molar-refractivity contribution is 7.80. The first-order valence-corrected chi connectivity index (χ1v) is 7.36. The van der Waals surface area contributed by atoms with Crippen LogP contribution in [0.4, 0.5) is 0 Å². The zero-order valence-electron chi connectivity index (χ0n) is 11.4. The van der Waals surface area contributed by atoms with Gasteiger partial charge in [-0.1, -0.05) is 23.8 Å². The van der Waals surface area contributed by atoms with Crippen molar-refractivity contribution >= 4 is 34.7 Å². The number of thiocarbonyl (C=S) groups is 1. The van der Waals surface area contributed by atoms with Crippen molar-refractivity contribution in [2.75, 3.05) is 26.2 Å². The van der Waals surface area contributed by atoms with Gasteiger partial charge in [0.2, 0.25) is 0 Å². The van der Waals surface area contributed by atoms with E-state index in [0.29, 0.717) is 28.7 Å². The minimum Gasteiger partial charge on any atom is -0.392 e. The largest absolute Gasteiger partial charge is 0.392 e. The molecule has 1 saturated heterocycles. The topological polar surface area (TPSA) is 49.6 Å². The molecule has 6 heteroatoms. The lowest BCUT2D eigenvalue weighted by atomic mass is 10.1. The smallest absolute Gasteiger partial charge is 0.253 e. The molecule has 1 fully saturated rings. The molecule has 1 aliphatic heterocycles. The first-order valence-electron chi connectivity index (χ1n) is 6.57. The zero-order valence-corrected chi connectivity index (χ0v) is 13.0. The molecular formula is C14H18ClN3OS. The summed E-state index contributed by atoms with van der Waals surface area (Å²) in [6.45, 7) is 4.96. The van der Waals surface area contributed by atoms with E-state index in [4.69, 9.17) is 29.6 Å². The fraction of sp³-hybridized carbons (Fsp3) is 0.429.